The van der Waals surface area contributed by atoms with E-state index in [1.807, 2.05) is 0 Å². The minimum absolute atomic E-state index is 0.218. The predicted molar refractivity (Wildman–Crippen MR) is 70.4 cm³/mol. The summed E-state index contributed by atoms with van der Waals surface area (Å²) in [6.45, 7) is 9.03. The van der Waals surface area contributed by atoms with Crippen molar-refractivity contribution >= 4 is 17.6 Å². The minimum atomic E-state index is -1.14. The van der Waals surface area contributed by atoms with Crippen LogP contribution in [0.3, 0.4) is 0 Å². The van der Waals surface area contributed by atoms with Crippen LogP contribution < -0.4 is 5.73 Å². The van der Waals surface area contributed by atoms with Gasteiger partial charge in [0.2, 0.25) is 0 Å². The van der Waals surface area contributed by atoms with E-state index in [-0.39, 0.29) is 6.54 Å². The molecular weight excluding hydrogens is 254 g/mol. The van der Waals surface area contributed by atoms with Crippen molar-refractivity contribution in [2.75, 3.05) is 0 Å². The van der Waals surface area contributed by atoms with Crippen LogP contribution in [-0.2, 0) is 16.1 Å². The number of aromatic nitrogens is 2. The molecule has 1 atom stereocenters. The smallest absolute Gasteiger partial charge is 0.328 e. The van der Waals surface area contributed by atoms with Crippen LogP contribution in [0.5, 0.6) is 0 Å². The van der Waals surface area contributed by atoms with Gasteiger partial charge in [0.25, 0.3) is 0 Å². The molecule has 0 radical (unpaired) electrons. The zero-order chi connectivity index (χ0) is 14.1. The summed E-state index contributed by atoms with van der Waals surface area (Å²) in [4.78, 5) is 12.0. The molecule has 0 bridgehead atoms. The number of hydrogen-bond donors (Lipinski definition) is 1. The third-order valence-electron chi connectivity index (χ3n) is 2.24. The Morgan fingerprint density at radius 2 is 2.06 bits per heavy atom. The molecule has 102 valence electrons. The second-order valence-corrected chi connectivity index (χ2v) is 6.09. The first-order valence-corrected chi connectivity index (χ1v) is 6.11. The number of aryl methyl sites for hydroxylation is 1. The van der Waals surface area contributed by atoms with Crippen LogP contribution in [0.1, 0.15) is 33.4 Å². The number of nitrogens with two attached hydrogens (primary N) is 1. The third-order valence-corrected chi connectivity index (χ3v) is 2.61. The SMILES string of the molecule is Cc1nn(CC(C)(N)C(=O)OC(C)(C)C)cc1Cl. The highest BCUT2D eigenvalue weighted by molar-refractivity contribution is 6.31. The van der Waals surface area contributed by atoms with E-state index in [0.717, 1.165) is 0 Å². The molecule has 0 fully saturated rings. The molecule has 0 aliphatic rings. The third kappa shape index (κ3) is 3.99. The second-order valence-electron chi connectivity index (χ2n) is 5.68. The van der Waals surface area contributed by atoms with E-state index < -0.39 is 17.1 Å². The van der Waals surface area contributed by atoms with Crippen LogP contribution in [-0.4, -0.2) is 26.9 Å². The van der Waals surface area contributed by atoms with E-state index in [1.54, 1.807) is 45.5 Å². The first-order valence-electron chi connectivity index (χ1n) is 5.73. The second kappa shape index (κ2) is 4.90. The quantitative estimate of drug-likeness (QED) is 0.854. The van der Waals surface area contributed by atoms with E-state index >= 15 is 0 Å². The van der Waals surface area contributed by atoms with Crippen LogP contribution in [0.15, 0.2) is 6.20 Å². The van der Waals surface area contributed by atoms with Crippen LogP contribution >= 0.6 is 11.6 Å². The van der Waals surface area contributed by atoms with Gasteiger partial charge in [-0.25, -0.2) is 4.79 Å². The van der Waals surface area contributed by atoms with E-state index in [4.69, 9.17) is 22.1 Å². The number of carbonyl (C=O) groups excluding carboxylic acids is 1. The molecule has 1 rings (SSSR count). The number of rotatable bonds is 3. The molecule has 0 aliphatic carbocycles. The Kier molecular flexibility index (Phi) is 4.08. The highest BCUT2D eigenvalue weighted by Gasteiger charge is 2.34. The first-order chi connectivity index (χ1) is 8.01. The molecule has 5 nitrogen and oxygen atoms in total. The zero-order valence-electron chi connectivity index (χ0n) is 11.5. The van der Waals surface area contributed by atoms with Crippen molar-refractivity contribution in [3.63, 3.8) is 0 Å². The van der Waals surface area contributed by atoms with Crippen molar-refractivity contribution < 1.29 is 9.53 Å². The Balaban J connectivity index is 2.78. The Morgan fingerprint density at radius 1 is 1.50 bits per heavy atom. The number of nitrogens with zero attached hydrogens (tertiary/aromatic N) is 2. The number of hydrogen-bond acceptors (Lipinski definition) is 4. The average Bonchev–Trinajstić information content (AvgIpc) is 2.41. The summed E-state index contributed by atoms with van der Waals surface area (Å²) in [6, 6.07) is 0. The topological polar surface area (TPSA) is 70.1 Å². The maximum absolute atomic E-state index is 12.0. The van der Waals surface area contributed by atoms with Crippen molar-refractivity contribution in [3.05, 3.63) is 16.9 Å². The fourth-order valence-electron chi connectivity index (χ4n) is 1.37. The standard InChI is InChI=1S/C12H20ClN3O2/c1-8-9(13)6-16(15-8)7-12(5,14)10(17)18-11(2,3)4/h6H,7,14H2,1-5H3. The Morgan fingerprint density at radius 3 is 2.44 bits per heavy atom. The lowest BCUT2D eigenvalue weighted by Crippen LogP contribution is -2.51. The summed E-state index contributed by atoms with van der Waals surface area (Å²) >= 11 is 5.90. The van der Waals surface area contributed by atoms with E-state index in [9.17, 15) is 4.79 Å². The molecule has 0 saturated heterocycles. The number of esters is 1. The summed E-state index contributed by atoms with van der Waals surface area (Å²) in [5, 5.41) is 4.72. The minimum Gasteiger partial charge on any atom is -0.459 e. The van der Waals surface area contributed by atoms with Gasteiger partial charge in [0.05, 0.1) is 17.3 Å². The Hall–Kier alpha value is -1.07. The van der Waals surface area contributed by atoms with Gasteiger partial charge in [0, 0.05) is 6.20 Å². The van der Waals surface area contributed by atoms with Gasteiger partial charge in [0.1, 0.15) is 11.1 Å². The van der Waals surface area contributed by atoms with Gasteiger partial charge < -0.3 is 10.5 Å². The van der Waals surface area contributed by atoms with Crippen molar-refractivity contribution in [1.82, 2.24) is 9.78 Å². The molecule has 1 aromatic heterocycles. The van der Waals surface area contributed by atoms with Gasteiger partial charge in [-0.05, 0) is 34.6 Å². The zero-order valence-corrected chi connectivity index (χ0v) is 12.2. The van der Waals surface area contributed by atoms with Gasteiger partial charge in [0.15, 0.2) is 0 Å². The molecule has 2 N–H and O–H groups in total. The number of ether oxygens (including phenoxy) is 1. The van der Waals surface area contributed by atoms with Crippen LogP contribution in [0.4, 0.5) is 0 Å². The molecule has 18 heavy (non-hydrogen) atoms. The maximum Gasteiger partial charge on any atom is 0.328 e. The van der Waals surface area contributed by atoms with Crippen molar-refractivity contribution in [2.45, 2.75) is 52.3 Å². The summed E-state index contributed by atoms with van der Waals surface area (Å²) in [7, 11) is 0. The molecule has 1 heterocycles. The summed E-state index contributed by atoms with van der Waals surface area (Å²) in [6.07, 6.45) is 1.65. The van der Waals surface area contributed by atoms with Gasteiger partial charge >= 0.3 is 5.97 Å². The lowest BCUT2D eigenvalue weighted by atomic mass is 10.0. The average molecular weight is 274 g/mol. The van der Waals surface area contributed by atoms with Gasteiger partial charge in [-0.2, -0.15) is 5.10 Å². The fourth-order valence-corrected chi connectivity index (χ4v) is 1.52. The van der Waals surface area contributed by atoms with Crippen molar-refractivity contribution in [3.8, 4) is 0 Å². The highest BCUT2D eigenvalue weighted by atomic mass is 35.5. The van der Waals surface area contributed by atoms with E-state index in [2.05, 4.69) is 5.10 Å². The molecular formula is C12H20ClN3O2. The van der Waals surface area contributed by atoms with Gasteiger partial charge in [-0.15, -0.1) is 0 Å². The summed E-state index contributed by atoms with van der Waals surface area (Å²) in [5.74, 6) is -0.459. The predicted octanol–water partition coefficient (Wildman–Crippen LogP) is 1.90. The summed E-state index contributed by atoms with van der Waals surface area (Å²) in [5.41, 5.74) is 4.98. The molecule has 1 aromatic rings. The maximum atomic E-state index is 12.0. The molecule has 0 saturated carbocycles. The molecule has 0 amide bonds. The molecule has 0 aromatic carbocycles. The normalized spacial score (nSPS) is 15.3. The van der Waals surface area contributed by atoms with Crippen molar-refractivity contribution in [2.24, 2.45) is 5.73 Å². The monoisotopic (exact) mass is 273 g/mol. The van der Waals surface area contributed by atoms with Gasteiger partial charge in [-0.3, -0.25) is 4.68 Å². The number of carbonyl (C=O) groups is 1. The van der Waals surface area contributed by atoms with Crippen LogP contribution in [0.25, 0.3) is 0 Å². The van der Waals surface area contributed by atoms with Gasteiger partial charge in [-0.1, -0.05) is 11.6 Å². The lowest BCUT2D eigenvalue weighted by Gasteiger charge is -2.28. The largest absolute Gasteiger partial charge is 0.459 e. The molecule has 0 spiro atoms. The first kappa shape index (κ1) is 15.0. The molecule has 6 heteroatoms. The van der Waals surface area contributed by atoms with E-state index in [1.165, 1.54) is 0 Å². The van der Waals surface area contributed by atoms with E-state index in [0.29, 0.717) is 10.7 Å². The molecule has 1 unspecified atom stereocenters. The van der Waals surface area contributed by atoms with Crippen LogP contribution in [0.2, 0.25) is 5.02 Å². The van der Waals surface area contributed by atoms with Crippen molar-refractivity contribution in [1.29, 1.82) is 0 Å². The number of halogens is 1. The Labute approximate surface area is 112 Å². The Bertz CT molecular complexity index is 427. The highest BCUT2D eigenvalue weighted by Crippen LogP contribution is 2.17. The molecule has 0 aliphatic heterocycles. The summed E-state index contributed by atoms with van der Waals surface area (Å²) < 4.78 is 6.83. The lowest BCUT2D eigenvalue weighted by molar-refractivity contribution is -0.161. The van der Waals surface area contributed by atoms with Crippen LogP contribution in [0, 0.1) is 6.92 Å². The fraction of sp³-hybridized carbons (Fsp3) is 0.667.